The van der Waals surface area contributed by atoms with Crippen molar-refractivity contribution in [2.75, 3.05) is 26.0 Å². The smallest absolute Gasteiger partial charge is 0.387 e. The number of carbonyl (C=O) groups is 1. The molecule has 25 heavy (non-hydrogen) atoms. The van der Waals surface area contributed by atoms with Gasteiger partial charge in [-0.3, -0.25) is 0 Å². The SMILES string of the molecule is CN(C)C[C@H](NC(=O)Nc1ccc(OC(F)F)cc1)c1ccccc1. The topological polar surface area (TPSA) is 53.6 Å². The summed E-state index contributed by atoms with van der Waals surface area (Å²) in [5, 5.41) is 5.60. The number of halogens is 2. The van der Waals surface area contributed by atoms with Crippen LogP contribution in [0.15, 0.2) is 54.6 Å². The Hall–Kier alpha value is -2.67. The molecule has 134 valence electrons. The van der Waals surface area contributed by atoms with Crippen LogP contribution in [0.4, 0.5) is 19.3 Å². The molecular formula is C18H21F2N3O2. The molecule has 0 saturated heterocycles. The lowest BCUT2D eigenvalue weighted by Crippen LogP contribution is -2.37. The molecule has 2 N–H and O–H groups in total. The number of anilines is 1. The standard InChI is InChI=1S/C18H21F2N3O2/c1-23(2)12-16(13-6-4-3-5-7-13)22-18(24)21-14-8-10-15(11-9-14)25-17(19)20/h3-11,16-17H,12H2,1-2H3,(H2,21,22,24)/t16-/m0/s1. The van der Waals surface area contributed by atoms with E-state index >= 15 is 0 Å². The highest BCUT2D eigenvalue weighted by Gasteiger charge is 2.15. The molecule has 2 aromatic carbocycles. The van der Waals surface area contributed by atoms with E-state index in [0.29, 0.717) is 12.2 Å². The minimum Gasteiger partial charge on any atom is -0.435 e. The number of amides is 2. The van der Waals surface area contributed by atoms with Crippen LogP contribution in [0.2, 0.25) is 0 Å². The molecule has 0 aliphatic heterocycles. The monoisotopic (exact) mass is 349 g/mol. The van der Waals surface area contributed by atoms with E-state index in [2.05, 4.69) is 15.4 Å². The molecule has 1 atom stereocenters. The first-order valence-corrected chi connectivity index (χ1v) is 7.76. The predicted octanol–water partition coefficient (Wildman–Crippen LogP) is 3.71. The highest BCUT2D eigenvalue weighted by Crippen LogP contribution is 2.18. The second-order valence-corrected chi connectivity index (χ2v) is 5.73. The third-order valence-corrected chi connectivity index (χ3v) is 3.39. The quantitative estimate of drug-likeness (QED) is 0.801. The van der Waals surface area contributed by atoms with Gasteiger partial charge in [-0.2, -0.15) is 8.78 Å². The number of ether oxygens (including phenoxy) is 1. The summed E-state index contributed by atoms with van der Waals surface area (Å²) in [6.07, 6.45) is 0. The third-order valence-electron chi connectivity index (χ3n) is 3.39. The van der Waals surface area contributed by atoms with Crippen molar-refractivity contribution in [1.82, 2.24) is 10.2 Å². The second-order valence-electron chi connectivity index (χ2n) is 5.73. The van der Waals surface area contributed by atoms with Crippen LogP contribution < -0.4 is 15.4 Å². The summed E-state index contributed by atoms with van der Waals surface area (Å²) in [5.74, 6) is 0.0377. The van der Waals surface area contributed by atoms with Crippen molar-refractivity contribution in [3.05, 3.63) is 60.2 Å². The average molecular weight is 349 g/mol. The van der Waals surface area contributed by atoms with Crippen molar-refractivity contribution in [3.63, 3.8) is 0 Å². The molecule has 0 fully saturated rings. The molecule has 0 aliphatic rings. The first-order valence-electron chi connectivity index (χ1n) is 7.76. The number of rotatable bonds is 7. The summed E-state index contributed by atoms with van der Waals surface area (Å²) < 4.78 is 28.5. The highest BCUT2D eigenvalue weighted by molar-refractivity contribution is 5.89. The van der Waals surface area contributed by atoms with Crippen molar-refractivity contribution >= 4 is 11.7 Å². The fourth-order valence-electron chi connectivity index (χ4n) is 2.33. The molecule has 5 nitrogen and oxygen atoms in total. The molecule has 2 rings (SSSR count). The minimum absolute atomic E-state index is 0.0377. The largest absolute Gasteiger partial charge is 0.435 e. The zero-order valence-electron chi connectivity index (χ0n) is 14.1. The van der Waals surface area contributed by atoms with Gasteiger partial charge in [0.25, 0.3) is 0 Å². The van der Waals surface area contributed by atoms with E-state index in [1.165, 1.54) is 24.3 Å². The van der Waals surface area contributed by atoms with Crippen LogP contribution in [0.3, 0.4) is 0 Å². The van der Waals surface area contributed by atoms with Gasteiger partial charge in [-0.05, 0) is 43.9 Å². The van der Waals surface area contributed by atoms with E-state index in [1.54, 1.807) is 0 Å². The lowest BCUT2D eigenvalue weighted by Gasteiger charge is -2.23. The molecule has 0 radical (unpaired) electrons. The Morgan fingerprint density at radius 3 is 2.28 bits per heavy atom. The summed E-state index contributed by atoms with van der Waals surface area (Å²) in [6.45, 7) is -2.24. The van der Waals surface area contributed by atoms with Crippen molar-refractivity contribution in [3.8, 4) is 5.75 Å². The summed E-state index contributed by atoms with van der Waals surface area (Å²) in [7, 11) is 3.86. The third kappa shape index (κ3) is 6.39. The predicted molar refractivity (Wildman–Crippen MR) is 93.0 cm³/mol. The van der Waals surface area contributed by atoms with Gasteiger partial charge in [0.1, 0.15) is 5.75 Å². The Balaban J connectivity index is 1.98. The number of likely N-dealkylation sites (N-methyl/N-ethyl adjacent to an activating group) is 1. The van der Waals surface area contributed by atoms with E-state index in [0.717, 1.165) is 5.56 Å². The zero-order valence-corrected chi connectivity index (χ0v) is 14.1. The molecule has 0 heterocycles. The summed E-state index contributed by atoms with van der Waals surface area (Å²) in [4.78, 5) is 14.2. The summed E-state index contributed by atoms with van der Waals surface area (Å²) in [5.41, 5.74) is 1.47. The molecule has 0 unspecified atom stereocenters. The Morgan fingerprint density at radius 1 is 1.08 bits per heavy atom. The van der Waals surface area contributed by atoms with Gasteiger partial charge in [0.15, 0.2) is 0 Å². The Bertz CT molecular complexity index is 664. The van der Waals surface area contributed by atoms with Crippen LogP contribution in [0, 0.1) is 0 Å². The molecule has 0 spiro atoms. The lowest BCUT2D eigenvalue weighted by molar-refractivity contribution is -0.0498. The minimum atomic E-state index is -2.88. The molecule has 2 aromatic rings. The Labute approximate surface area is 145 Å². The van der Waals surface area contributed by atoms with Gasteiger partial charge in [-0.25, -0.2) is 4.79 Å². The lowest BCUT2D eigenvalue weighted by atomic mass is 10.1. The van der Waals surface area contributed by atoms with Crippen LogP contribution >= 0.6 is 0 Å². The summed E-state index contributed by atoms with van der Waals surface area (Å²) >= 11 is 0. The molecule has 0 aliphatic carbocycles. The van der Waals surface area contributed by atoms with Crippen molar-refractivity contribution in [1.29, 1.82) is 0 Å². The maximum atomic E-state index is 12.2. The molecule has 2 amide bonds. The zero-order chi connectivity index (χ0) is 18.2. The fourth-order valence-corrected chi connectivity index (χ4v) is 2.33. The van der Waals surface area contributed by atoms with Gasteiger partial charge in [-0.1, -0.05) is 30.3 Å². The van der Waals surface area contributed by atoms with E-state index in [1.807, 2.05) is 49.3 Å². The van der Waals surface area contributed by atoms with Crippen LogP contribution in [-0.2, 0) is 0 Å². The summed E-state index contributed by atoms with van der Waals surface area (Å²) in [6, 6.07) is 14.8. The van der Waals surface area contributed by atoms with Gasteiger partial charge in [0.05, 0.1) is 6.04 Å². The number of hydrogen-bond donors (Lipinski definition) is 2. The fraction of sp³-hybridized carbons (Fsp3) is 0.278. The Kier molecular flexibility index (Phi) is 6.71. The van der Waals surface area contributed by atoms with Crippen molar-refractivity contribution < 1.29 is 18.3 Å². The van der Waals surface area contributed by atoms with Gasteiger partial charge in [-0.15, -0.1) is 0 Å². The maximum absolute atomic E-state index is 12.2. The van der Waals surface area contributed by atoms with Gasteiger partial charge >= 0.3 is 12.6 Å². The van der Waals surface area contributed by atoms with Crippen LogP contribution in [0.25, 0.3) is 0 Å². The van der Waals surface area contributed by atoms with Gasteiger partial charge < -0.3 is 20.3 Å². The van der Waals surface area contributed by atoms with Crippen molar-refractivity contribution in [2.24, 2.45) is 0 Å². The molecular weight excluding hydrogens is 328 g/mol. The number of alkyl halides is 2. The number of carbonyl (C=O) groups excluding carboxylic acids is 1. The first-order chi connectivity index (χ1) is 11.9. The second kappa shape index (κ2) is 8.98. The van der Waals surface area contributed by atoms with Gasteiger partial charge in [0, 0.05) is 12.2 Å². The van der Waals surface area contributed by atoms with Gasteiger partial charge in [0.2, 0.25) is 0 Å². The normalized spacial score (nSPS) is 12.1. The highest BCUT2D eigenvalue weighted by atomic mass is 19.3. The molecule has 7 heteroatoms. The van der Waals surface area contributed by atoms with E-state index < -0.39 is 6.61 Å². The van der Waals surface area contributed by atoms with Crippen LogP contribution in [-0.4, -0.2) is 38.2 Å². The molecule has 0 aromatic heterocycles. The average Bonchev–Trinajstić information content (AvgIpc) is 2.56. The molecule has 0 saturated carbocycles. The number of benzene rings is 2. The number of nitrogens with one attached hydrogen (secondary N) is 2. The van der Waals surface area contributed by atoms with Crippen molar-refractivity contribution in [2.45, 2.75) is 12.7 Å². The number of nitrogens with zero attached hydrogens (tertiary/aromatic N) is 1. The van der Waals surface area contributed by atoms with Crippen LogP contribution in [0.1, 0.15) is 11.6 Å². The van der Waals surface area contributed by atoms with E-state index in [4.69, 9.17) is 0 Å². The Morgan fingerprint density at radius 2 is 1.72 bits per heavy atom. The van der Waals surface area contributed by atoms with Crippen LogP contribution in [0.5, 0.6) is 5.75 Å². The molecule has 0 bridgehead atoms. The van der Waals surface area contributed by atoms with E-state index in [9.17, 15) is 13.6 Å². The first kappa shape index (κ1) is 18.7. The van der Waals surface area contributed by atoms with E-state index in [-0.39, 0.29) is 17.8 Å². The maximum Gasteiger partial charge on any atom is 0.387 e. The number of urea groups is 1. The number of hydrogen-bond acceptors (Lipinski definition) is 3.